The van der Waals surface area contributed by atoms with E-state index in [1.807, 2.05) is 0 Å². The number of hydrogen-bond acceptors (Lipinski definition) is 2. The average molecular weight is 203 g/mol. The van der Waals surface area contributed by atoms with Crippen LogP contribution in [0.3, 0.4) is 0 Å². The Balaban J connectivity index is 3.05. The van der Waals surface area contributed by atoms with E-state index in [4.69, 9.17) is 0 Å². The van der Waals surface area contributed by atoms with E-state index in [9.17, 15) is 0 Å². The van der Waals surface area contributed by atoms with Crippen LogP contribution in [0.15, 0.2) is 0 Å². The van der Waals surface area contributed by atoms with Gasteiger partial charge in [0.1, 0.15) is 0 Å². The number of thioether (sulfide) groups is 1. The minimum Gasteiger partial charge on any atom is -0.317 e. The van der Waals surface area contributed by atoms with E-state index in [2.05, 4.69) is 38.0 Å². The maximum absolute atomic E-state index is 3.35. The maximum atomic E-state index is 3.35. The Morgan fingerprint density at radius 1 is 1.15 bits per heavy atom. The van der Waals surface area contributed by atoms with Crippen molar-refractivity contribution in [2.75, 3.05) is 18.6 Å². The summed E-state index contributed by atoms with van der Waals surface area (Å²) in [7, 11) is 2.07. The summed E-state index contributed by atoms with van der Waals surface area (Å²) in [6, 6.07) is 0.749. The fraction of sp³-hybridized carbons (Fsp3) is 1.00. The van der Waals surface area contributed by atoms with Crippen molar-refractivity contribution in [1.29, 1.82) is 0 Å². The summed E-state index contributed by atoms with van der Waals surface area (Å²) in [5.74, 6) is 2.63. The molecule has 0 saturated heterocycles. The van der Waals surface area contributed by atoms with E-state index in [0.717, 1.165) is 6.04 Å². The highest BCUT2D eigenvalue weighted by Gasteiger charge is 2.01. The molecule has 1 unspecified atom stereocenters. The largest absolute Gasteiger partial charge is 0.317 e. The summed E-state index contributed by atoms with van der Waals surface area (Å²) in [6.45, 7) is 4.49. The van der Waals surface area contributed by atoms with Crippen molar-refractivity contribution in [3.8, 4) is 0 Å². The van der Waals surface area contributed by atoms with Crippen molar-refractivity contribution in [2.24, 2.45) is 0 Å². The number of hydrogen-bond donors (Lipinski definition) is 1. The predicted molar refractivity (Wildman–Crippen MR) is 64.6 cm³/mol. The Bertz CT molecular complexity index is 92.1. The quantitative estimate of drug-likeness (QED) is 0.577. The van der Waals surface area contributed by atoms with Gasteiger partial charge in [-0.3, -0.25) is 0 Å². The van der Waals surface area contributed by atoms with Crippen molar-refractivity contribution in [1.82, 2.24) is 5.32 Å². The molecule has 0 aliphatic heterocycles. The molecule has 0 amide bonds. The van der Waals surface area contributed by atoms with Crippen molar-refractivity contribution in [2.45, 2.75) is 52.0 Å². The SMILES string of the molecule is CCSCCCCCC(CC)NC. The van der Waals surface area contributed by atoms with Gasteiger partial charge in [-0.15, -0.1) is 0 Å². The molecule has 0 fully saturated rings. The first kappa shape index (κ1) is 13.3. The summed E-state index contributed by atoms with van der Waals surface area (Å²) in [5, 5.41) is 3.35. The van der Waals surface area contributed by atoms with Gasteiger partial charge in [0.05, 0.1) is 0 Å². The zero-order valence-corrected chi connectivity index (χ0v) is 10.3. The highest BCUT2D eigenvalue weighted by atomic mass is 32.2. The Hall–Kier alpha value is 0.310. The third-order valence-corrected chi connectivity index (χ3v) is 3.43. The van der Waals surface area contributed by atoms with Crippen LogP contribution in [0.5, 0.6) is 0 Å². The van der Waals surface area contributed by atoms with Gasteiger partial charge in [-0.05, 0) is 37.8 Å². The predicted octanol–water partition coefficient (Wildman–Crippen LogP) is 3.30. The lowest BCUT2D eigenvalue weighted by Gasteiger charge is -2.12. The van der Waals surface area contributed by atoms with Gasteiger partial charge in [0.15, 0.2) is 0 Å². The molecule has 0 aromatic carbocycles. The van der Waals surface area contributed by atoms with Crippen molar-refractivity contribution in [3.63, 3.8) is 0 Å². The molecule has 1 N–H and O–H groups in total. The number of unbranched alkanes of at least 4 members (excludes halogenated alkanes) is 2. The highest BCUT2D eigenvalue weighted by molar-refractivity contribution is 7.99. The van der Waals surface area contributed by atoms with Crippen LogP contribution in [0.25, 0.3) is 0 Å². The Labute approximate surface area is 88.1 Å². The van der Waals surface area contributed by atoms with Crippen LogP contribution in [0.2, 0.25) is 0 Å². The summed E-state index contributed by atoms with van der Waals surface area (Å²) in [6.07, 6.45) is 6.82. The molecule has 0 bridgehead atoms. The lowest BCUT2D eigenvalue weighted by atomic mass is 10.1. The smallest absolute Gasteiger partial charge is 0.00614 e. The van der Waals surface area contributed by atoms with E-state index in [0.29, 0.717) is 0 Å². The summed E-state index contributed by atoms with van der Waals surface area (Å²) in [4.78, 5) is 0. The van der Waals surface area contributed by atoms with Crippen LogP contribution < -0.4 is 5.32 Å². The second-order valence-corrected chi connectivity index (χ2v) is 4.83. The van der Waals surface area contributed by atoms with Crippen LogP contribution in [0.1, 0.15) is 46.0 Å². The van der Waals surface area contributed by atoms with Gasteiger partial charge in [0, 0.05) is 6.04 Å². The molecule has 0 aliphatic rings. The third-order valence-electron chi connectivity index (χ3n) is 2.45. The molecule has 13 heavy (non-hydrogen) atoms. The molecule has 0 rings (SSSR count). The first-order valence-corrected chi connectivity index (χ1v) is 6.75. The molecule has 0 aromatic heterocycles. The topological polar surface area (TPSA) is 12.0 Å². The monoisotopic (exact) mass is 203 g/mol. The summed E-state index contributed by atoms with van der Waals surface area (Å²) in [5.41, 5.74) is 0. The van der Waals surface area contributed by atoms with E-state index in [1.165, 1.54) is 43.6 Å². The molecule has 2 heteroatoms. The number of nitrogens with one attached hydrogen (secondary N) is 1. The Morgan fingerprint density at radius 2 is 1.92 bits per heavy atom. The van der Waals surface area contributed by atoms with Crippen molar-refractivity contribution in [3.05, 3.63) is 0 Å². The minimum absolute atomic E-state index is 0.749. The van der Waals surface area contributed by atoms with Gasteiger partial charge < -0.3 is 5.32 Å². The van der Waals surface area contributed by atoms with Crippen molar-refractivity contribution >= 4 is 11.8 Å². The first-order chi connectivity index (χ1) is 6.35. The fourth-order valence-electron chi connectivity index (χ4n) is 1.47. The molecule has 0 saturated carbocycles. The molecule has 0 aromatic rings. The van der Waals surface area contributed by atoms with Gasteiger partial charge in [-0.2, -0.15) is 11.8 Å². The summed E-state index contributed by atoms with van der Waals surface area (Å²) >= 11 is 2.06. The van der Waals surface area contributed by atoms with Gasteiger partial charge in [-0.1, -0.05) is 26.7 Å². The lowest BCUT2D eigenvalue weighted by Crippen LogP contribution is -2.23. The highest BCUT2D eigenvalue weighted by Crippen LogP contribution is 2.09. The Kier molecular flexibility index (Phi) is 10.6. The molecular weight excluding hydrogens is 178 g/mol. The maximum Gasteiger partial charge on any atom is 0.00614 e. The lowest BCUT2D eigenvalue weighted by molar-refractivity contribution is 0.481. The second kappa shape index (κ2) is 10.4. The van der Waals surface area contributed by atoms with Crippen LogP contribution in [-0.4, -0.2) is 24.6 Å². The summed E-state index contributed by atoms with van der Waals surface area (Å²) < 4.78 is 0. The van der Waals surface area contributed by atoms with Gasteiger partial charge in [0.2, 0.25) is 0 Å². The zero-order chi connectivity index (χ0) is 9.94. The van der Waals surface area contributed by atoms with Gasteiger partial charge >= 0.3 is 0 Å². The second-order valence-electron chi connectivity index (χ2n) is 3.44. The molecule has 0 radical (unpaired) electrons. The molecule has 1 atom stereocenters. The molecule has 80 valence electrons. The minimum atomic E-state index is 0.749. The normalized spacial score (nSPS) is 13.2. The van der Waals surface area contributed by atoms with Gasteiger partial charge in [0.25, 0.3) is 0 Å². The van der Waals surface area contributed by atoms with E-state index in [1.54, 1.807) is 0 Å². The molecule has 0 spiro atoms. The van der Waals surface area contributed by atoms with E-state index >= 15 is 0 Å². The van der Waals surface area contributed by atoms with Crippen LogP contribution in [-0.2, 0) is 0 Å². The van der Waals surface area contributed by atoms with Crippen LogP contribution in [0.4, 0.5) is 0 Å². The fourth-order valence-corrected chi connectivity index (χ4v) is 2.17. The van der Waals surface area contributed by atoms with Crippen LogP contribution >= 0.6 is 11.8 Å². The van der Waals surface area contributed by atoms with Gasteiger partial charge in [-0.25, -0.2) is 0 Å². The molecule has 1 nitrogen and oxygen atoms in total. The third kappa shape index (κ3) is 8.63. The molecule has 0 aliphatic carbocycles. The average Bonchev–Trinajstić information content (AvgIpc) is 2.17. The standard InChI is InChI=1S/C11H25NS/c1-4-11(12-3)9-7-6-8-10-13-5-2/h11-12H,4-10H2,1-3H3. The van der Waals surface area contributed by atoms with E-state index in [-0.39, 0.29) is 0 Å². The number of rotatable bonds is 9. The van der Waals surface area contributed by atoms with Crippen LogP contribution in [0, 0.1) is 0 Å². The Morgan fingerprint density at radius 3 is 2.46 bits per heavy atom. The first-order valence-electron chi connectivity index (χ1n) is 5.60. The molecule has 0 heterocycles. The van der Waals surface area contributed by atoms with Crippen molar-refractivity contribution < 1.29 is 0 Å². The zero-order valence-electron chi connectivity index (χ0n) is 9.44. The molecular formula is C11H25NS. The van der Waals surface area contributed by atoms with E-state index < -0.39 is 0 Å².